The molecule has 2 aromatic rings. The standard InChI is InChI=1S/C22H31N3O/c1-17(19-7-5-4-6-8-19)13-14-24-16-21(25(2)3)15-18-9-11-20(12-10-18)22(23)26/h4-12,17,21,24H,13-16H2,1-3H3,(H2,23,26)/t17-,21+/m1/s1. The van der Waals surface area contributed by atoms with Gasteiger partial charge in [-0.25, -0.2) is 0 Å². The molecule has 3 N–H and O–H groups in total. The number of carbonyl (C=O) groups excluding carboxylic acids is 1. The minimum absolute atomic E-state index is 0.380. The Morgan fingerprint density at radius 3 is 2.31 bits per heavy atom. The molecule has 0 aliphatic rings. The van der Waals surface area contributed by atoms with Gasteiger partial charge in [-0.15, -0.1) is 0 Å². The highest BCUT2D eigenvalue weighted by atomic mass is 16.1. The van der Waals surface area contributed by atoms with E-state index in [0.29, 0.717) is 17.5 Å². The summed E-state index contributed by atoms with van der Waals surface area (Å²) in [7, 11) is 4.22. The Morgan fingerprint density at radius 1 is 1.08 bits per heavy atom. The van der Waals surface area contributed by atoms with E-state index in [2.05, 4.69) is 61.6 Å². The highest BCUT2D eigenvalue weighted by molar-refractivity contribution is 5.92. The quantitative estimate of drug-likeness (QED) is 0.646. The van der Waals surface area contributed by atoms with Crippen LogP contribution in [0.5, 0.6) is 0 Å². The zero-order valence-corrected chi connectivity index (χ0v) is 16.1. The van der Waals surface area contributed by atoms with E-state index in [9.17, 15) is 4.79 Å². The van der Waals surface area contributed by atoms with E-state index in [1.807, 2.05) is 12.1 Å². The van der Waals surface area contributed by atoms with Crippen molar-refractivity contribution in [3.8, 4) is 0 Å². The fourth-order valence-corrected chi connectivity index (χ4v) is 3.05. The van der Waals surface area contributed by atoms with Gasteiger partial charge in [0.25, 0.3) is 0 Å². The molecule has 2 atom stereocenters. The lowest BCUT2D eigenvalue weighted by Gasteiger charge is -2.25. The summed E-state index contributed by atoms with van der Waals surface area (Å²) in [4.78, 5) is 13.4. The van der Waals surface area contributed by atoms with Crippen molar-refractivity contribution < 1.29 is 4.79 Å². The van der Waals surface area contributed by atoms with Crippen LogP contribution in [-0.2, 0) is 6.42 Å². The monoisotopic (exact) mass is 353 g/mol. The van der Waals surface area contributed by atoms with Crippen molar-refractivity contribution >= 4 is 5.91 Å². The van der Waals surface area contributed by atoms with Gasteiger partial charge in [-0.2, -0.15) is 0 Å². The van der Waals surface area contributed by atoms with E-state index in [4.69, 9.17) is 5.73 Å². The highest BCUT2D eigenvalue weighted by Crippen LogP contribution is 2.17. The summed E-state index contributed by atoms with van der Waals surface area (Å²) >= 11 is 0. The first kappa shape index (κ1) is 20.1. The van der Waals surface area contributed by atoms with Crippen LogP contribution in [0.15, 0.2) is 54.6 Å². The molecule has 0 bridgehead atoms. The van der Waals surface area contributed by atoms with Gasteiger partial charge in [-0.05, 0) is 62.7 Å². The summed E-state index contributed by atoms with van der Waals surface area (Å²) in [5.41, 5.74) is 8.47. The van der Waals surface area contributed by atoms with E-state index in [1.165, 1.54) is 11.1 Å². The molecule has 0 unspecified atom stereocenters. The molecule has 140 valence electrons. The van der Waals surface area contributed by atoms with Crippen molar-refractivity contribution in [1.29, 1.82) is 0 Å². The molecule has 4 nitrogen and oxygen atoms in total. The third kappa shape index (κ3) is 6.28. The number of hydrogen-bond acceptors (Lipinski definition) is 3. The second kappa shape index (κ2) is 10.1. The third-order valence-electron chi connectivity index (χ3n) is 4.94. The van der Waals surface area contributed by atoms with E-state index < -0.39 is 0 Å². The van der Waals surface area contributed by atoms with Crippen LogP contribution in [0, 0.1) is 0 Å². The lowest BCUT2D eigenvalue weighted by molar-refractivity contribution is 0.100. The number of nitrogens with two attached hydrogens (primary N) is 1. The minimum Gasteiger partial charge on any atom is -0.366 e. The minimum atomic E-state index is -0.380. The van der Waals surface area contributed by atoms with Gasteiger partial charge >= 0.3 is 0 Å². The van der Waals surface area contributed by atoms with E-state index in [1.54, 1.807) is 12.1 Å². The van der Waals surface area contributed by atoms with E-state index >= 15 is 0 Å². The maximum atomic E-state index is 11.2. The number of amides is 1. The Balaban J connectivity index is 1.80. The number of nitrogens with one attached hydrogen (secondary N) is 1. The van der Waals surface area contributed by atoms with Gasteiger partial charge in [-0.3, -0.25) is 4.79 Å². The highest BCUT2D eigenvalue weighted by Gasteiger charge is 2.13. The molecule has 0 aliphatic carbocycles. The van der Waals surface area contributed by atoms with E-state index in [-0.39, 0.29) is 5.91 Å². The average molecular weight is 354 g/mol. The predicted octanol–water partition coefficient (Wildman–Crippen LogP) is 3.04. The van der Waals surface area contributed by atoms with Crippen molar-refractivity contribution in [3.05, 3.63) is 71.3 Å². The zero-order valence-electron chi connectivity index (χ0n) is 16.1. The smallest absolute Gasteiger partial charge is 0.248 e. The van der Waals surface area contributed by atoms with Gasteiger partial charge in [-0.1, -0.05) is 49.4 Å². The molecule has 4 heteroatoms. The molecule has 0 radical (unpaired) electrons. The number of nitrogens with zero attached hydrogens (tertiary/aromatic N) is 1. The van der Waals surface area contributed by atoms with Gasteiger partial charge < -0.3 is 16.0 Å². The van der Waals surface area contributed by atoms with Gasteiger partial charge in [0, 0.05) is 18.2 Å². The fraction of sp³-hybridized carbons (Fsp3) is 0.409. The summed E-state index contributed by atoms with van der Waals surface area (Å²) in [6, 6.07) is 18.7. The SMILES string of the molecule is C[C@H](CCNC[C@H](Cc1ccc(C(N)=O)cc1)N(C)C)c1ccccc1. The second-order valence-electron chi connectivity index (χ2n) is 7.19. The summed E-state index contributed by atoms with van der Waals surface area (Å²) in [5, 5.41) is 3.60. The van der Waals surface area contributed by atoms with Gasteiger partial charge in [0.05, 0.1) is 0 Å². The number of primary amides is 1. The van der Waals surface area contributed by atoms with E-state index in [0.717, 1.165) is 25.9 Å². The van der Waals surface area contributed by atoms with Crippen molar-refractivity contribution in [2.24, 2.45) is 5.73 Å². The number of rotatable bonds is 10. The Labute approximate surface area is 157 Å². The van der Waals surface area contributed by atoms with Crippen molar-refractivity contribution in [1.82, 2.24) is 10.2 Å². The number of hydrogen-bond donors (Lipinski definition) is 2. The van der Waals surface area contributed by atoms with Crippen LogP contribution in [0.1, 0.15) is 40.7 Å². The fourth-order valence-electron chi connectivity index (χ4n) is 3.05. The van der Waals surface area contributed by atoms with Gasteiger partial charge in [0.1, 0.15) is 0 Å². The van der Waals surface area contributed by atoms with Crippen LogP contribution < -0.4 is 11.1 Å². The van der Waals surface area contributed by atoms with Crippen LogP contribution >= 0.6 is 0 Å². The number of likely N-dealkylation sites (N-methyl/N-ethyl adjacent to an activating group) is 1. The largest absolute Gasteiger partial charge is 0.366 e. The molecule has 2 aromatic carbocycles. The van der Waals surface area contributed by atoms with Gasteiger partial charge in [0.15, 0.2) is 0 Å². The molecule has 0 saturated carbocycles. The molecule has 0 fully saturated rings. The van der Waals surface area contributed by atoms with Crippen molar-refractivity contribution in [3.63, 3.8) is 0 Å². The Bertz CT molecular complexity index is 668. The Kier molecular flexibility index (Phi) is 7.82. The molecule has 0 spiro atoms. The molecular formula is C22H31N3O. The maximum Gasteiger partial charge on any atom is 0.248 e. The molecule has 0 saturated heterocycles. The van der Waals surface area contributed by atoms with Crippen molar-refractivity contribution in [2.75, 3.05) is 27.2 Å². The zero-order chi connectivity index (χ0) is 18.9. The summed E-state index contributed by atoms with van der Waals surface area (Å²) < 4.78 is 0. The maximum absolute atomic E-state index is 11.2. The first-order valence-corrected chi connectivity index (χ1v) is 9.28. The van der Waals surface area contributed by atoms with Crippen LogP contribution in [0.25, 0.3) is 0 Å². The normalized spacial score (nSPS) is 13.5. The topological polar surface area (TPSA) is 58.4 Å². The van der Waals surface area contributed by atoms with Gasteiger partial charge in [0.2, 0.25) is 5.91 Å². The first-order chi connectivity index (χ1) is 12.5. The van der Waals surface area contributed by atoms with Crippen LogP contribution in [-0.4, -0.2) is 44.0 Å². The molecule has 0 aromatic heterocycles. The average Bonchev–Trinajstić information content (AvgIpc) is 2.65. The molecule has 0 heterocycles. The van der Waals surface area contributed by atoms with Crippen LogP contribution in [0.4, 0.5) is 0 Å². The summed E-state index contributed by atoms with van der Waals surface area (Å²) in [5.74, 6) is 0.178. The second-order valence-corrected chi connectivity index (χ2v) is 7.19. The van der Waals surface area contributed by atoms with Crippen LogP contribution in [0.2, 0.25) is 0 Å². The Hall–Kier alpha value is -2.17. The predicted molar refractivity (Wildman–Crippen MR) is 108 cm³/mol. The number of benzene rings is 2. The first-order valence-electron chi connectivity index (χ1n) is 9.28. The lowest BCUT2D eigenvalue weighted by atomic mass is 9.98. The summed E-state index contributed by atoms with van der Waals surface area (Å²) in [6.07, 6.45) is 2.06. The molecular weight excluding hydrogens is 322 g/mol. The Morgan fingerprint density at radius 2 is 1.73 bits per heavy atom. The molecule has 0 aliphatic heterocycles. The molecule has 2 rings (SSSR count). The third-order valence-corrected chi connectivity index (χ3v) is 4.94. The lowest BCUT2D eigenvalue weighted by Crippen LogP contribution is -2.40. The van der Waals surface area contributed by atoms with Crippen LogP contribution in [0.3, 0.4) is 0 Å². The van der Waals surface area contributed by atoms with Crippen molar-refractivity contribution in [2.45, 2.75) is 31.7 Å². The molecule has 1 amide bonds. The number of carbonyl (C=O) groups is 1. The summed E-state index contributed by atoms with van der Waals surface area (Å²) in [6.45, 7) is 4.22. The molecule has 26 heavy (non-hydrogen) atoms.